The number of nitrogens with zero attached hydrogens (tertiary/aromatic N) is 1. The van der Waals surface area contributed by atoms with Crippen molar-refractivity contribution >= 4 is 10.9 Å². The maximum Gasteiger partial charge on any atom is 0.0746 e. The van der Waals surface area contributed by atoms with Crippen LogP contribution in [0.5, 0.6) is 0 Å². The number of para-hydroxylation sites is 1. The number of fused-ring (bicyclic) bond motifs is 1. The highest BCUT2D eigenvalue weighted by atomic mass is 14.9. The zero-order valence-electron chi connectivity index (χ0n) is 11.5. The maximum absolute atomic E-state index is 4.47. The lowest BCUT2D eigenvalue weighted by molar-refractivity contribution is 0.393. The van der Waals surface area contributed by atoms with E-state index in [4.69, 9.17) is 0 Å². The Labute approximate surface area is 109 Å². The largest absolute Gasteiger partial charge is 0.312 e. The molecule has 0 bridgehead atoms. The van der Waals surface area contributed by atoms with Crippen LogP contribution in [-0.2, 0) is 6.54 Å². The normalized spacial score (nSPS) is 13.1. The Kier molecular flexibility index (Phi) is 4.32. The summed E-state index contributed by atoms with van der Waals surface area (Å²) in [5.74, 6) is 1.43. The number of hydrogen-bond donors (Lipinski definition) is 1. The minimum atomic E-state index is 0.702. The fourth-order valence-corrected chi connectivity index (χ4v) is 1.98. The van der Waals surface area contributed by atoms with Gasteiger partial charge in [-0.3, -0.25) is 4.98 Å². The van der Waals surface area contributed by atoms with Crippen molar-refractivity contribution in [1.82, 2.24) is 10.3 Å². The first kappa shape index (κ1) is 13.0. The number of benzene rings is 1. The fraction of sp³-hybridized carbons (Fsp3) is 0.438. The van der Waals surface area contributed by atoms with Gasteiger partial charge >= 0.3 is 0 Å². The quantitative estimate of drug-likeness (QED) is 0.866. The van der Waals surface area contributed by atoms with E-state index < -0.39 is 0 Å². The third kappa shape index (κ3) is 3.08. The molecule has 0 radical (unpaired) electrons. The highest BCUT2D eigenvalue weighted by molar-refractivity contribution is 5.81. The number of rotatable bonds is 5. The molecule has 0 amide bonds. The zero-order valence-corrected chi connectivity index (χ0v) is 11.5. The minimum absolute atomic E-state index is 0.702. The summed E-state index contributed by atoms with van der Waals surface area (Å²) in [5.41, 5.74) is 2.40. The van der Waals surface area contributed by atoms with Gasteiger partial charge < -0.3 is 5.32 Å². The molecule has 0 aliphatic carbocycles. The van der Waals surface area contributed by atoms with Crippen molar-refractivity contribution in [3.63, 3.8) is 0 Å². The molecule has 0 saturated heterocycles. The first-order valence-corrected chi connectivity index (χ1v) is 6.72. The molecule has 0 aliphatic rings. The highest BCUT2D eigenvalue weighted by Crippen LogP contribution is 2.16. The highest BCUT2D eigenvalue weighted by Gasteiger charge is 2.07. The van der Waals surface area contributed by atoms with E-state index in [0.29, 0.717) is 5.92 Å². The van der Waals surface area contributed by atoms with Crippen LogP contribution in [0.1, 0.15) is 26.3 Å². The molecule has 1 atom stereocenters. The van der Waals surface area contributed by atoms with Gasteiger partial charge in [-0.25, -0.2) is 0 Å². The van der Waals surface area contributed by atoms with Gasteiger partial charge in [0.2, 0.25) is 0 Å². The van der Waals surface area contributed by atoms with E-state index in [-0.39, 0.29) is 0 Å². The average molecular weight is 242 g/mol. The summed E-state index contributed by atoms with van der Waals surface area (Å²) >= 11 is 0. The minimum Gasteiger partial charge on any atom is -0.312 e. The summed E-state index contributed by atoms with van der Waals surface area (Å²) in [6.45, 7) is 8.78. The Bertz CT molecular complexity index is 500. The Balaban J connectivity index is 2.04. The second kappa shape index (κ2) is 5.96. The molecule has 18 heavy (non-hydrogen) atoms. The SMILES string of the molecule is CC(C)C(C)CNCc1cccc2cccnc12. The Hall–Kier alpha value is -1.41. The Morgan fingerprint density at radius 2 is 1.89 bits per heavy atom. The smallest absolute Gasteiger partial charge is 0.0746 e. The molecule has 1 N–H and O–H groups in total. The van der Waals surface area contributed by atoms with Crippen molar-refractivity contribution in [2.75, 3.05) is 6.54 Å². The summed E-state index contributed by atoms with van der Waals surface area (Å²) in [7, 11) is 0. The van der Waals surface area contributed by atoms with Gasteiger partial charge in [-0.2, -0.15) is 0 Å². The van der Waals surface area contributed by atoms with E-state index in [0.717, 1.165) is 24.5 Å². The Morgan fingerprint density at radius 1 is 1.11 bits per heavy atom. The van der Waals surface area contributed by atoms with E-state index in [1.807, 2.05) is 12.3 Å². The molecular weight excluding hydrogens is 220 g/mol. The van der Waals surface area contributed by atoms with Gasteiger partial charge in [-0.1, -0.05) is 45.0 Å². The van der Waals surface area contributed by atoms with Crippen molar-refractivity contribution in [1.29, 1.82) is 0 Å². The van der Waals surface area contributed by atoms with Crippen LogP contribution in [0.15, 0.2) is 36.5 Å². The van der Waals surface area contributed by atoms with Gasteiger partial charge in [-0.15, -0.1) is 0 Å². The lowest BCUT2D eigenvalue weighted by Crippen LogP contribution is -2.23. The summed E-state index contributed by atoms with van der Waals surface area (Å²) in [4.78, 5) is 4.47. The molecular formula is C16H22N2. The molecule has 2 nitrogen and oxygen atoms in total. The molecule has 2 aromatic rings. The third-order valence-corrected chi connectivity index (χ3v) is 3.64. The predicted molar refractivity (Wildman–Crippen MR) is 77.5 cm³/mol. The lowest BCUT2D eigenvalue weighted by atomic mass is 9.98. The average Bonchev–Trinajstić information content (AvgIpc) is 2.38. The van der Waals surface area contributed by atoms with Crippen LogP contribution in [0.3, 0.4) is 0 Å². The number of hydrogen-bond acceptors (Lipinski definition) is 2. The summed E-state index contributed by atoms with van der Waals surface area (Å²) in [5, 5.41) is 4.75. The molecule has 0 aliphatic heterocycles. The van der Waals surface area contributed by atoms with Crippen LogP contribution in [0, 0.1) is 11.8 Å². The standard InChI is InChI=1S/C16H22N2/c1-12(2)13(3)10-17-11-15-7-4-6-14-8-5-9-18-16(14)15/h4-9,12-13,17H,10-11H2,1-3H3. The third-order valence-electron chi connectivity index (χ3n) is 3.64. The molecule has 0 fully saturated rings. The van der Waals surface area contributed by atoms with Crippen molar-refractivity contribution in [2.45, 2.75) is 27.3 Å². The fourth-order valence-electron chi connectivity index (χ4n) is 1.98. The van der Waals surface area contributed by atoms with Gasteiger partial charge in [0.25, 0.3) is 0 Å². The number of nitrogens with one attached hydrogen (secondary N) is 1. The monoisotopic (exact) mass is 242 g/mol. The van der Waals surface area contributed by atoms with Gasteiger partial charge in [0.1, 0.15) is 0 Å². The van der Waals surface area contributed by atoms with Gasteiger partial charge in [0.15, 0.2) is 0 Å². The second-order valence-corrected chi connectivity index (χ2v) is 5.34. The first-order chi connectivity index (χ1) is 8.68. The molecule has 1 heterocycles. The number of pyridine rings is 1. The van der Waals surface area contributed by atoms with E-state index >= 15 is 0 Å². The lowest BCUT2D eigenvalue weighted by Gasteiger charge is -2.16. The van der Waals surface area contributed by atoms with Crippen molar-refractivity contribution in [3.8, 4) is 0 Å². The van der Waals surface area contributed by atoms with Crippen LogP contribution in [0.25, 0.3) is 10.9 Å². The van der Waals surface area contributed by atoms with Gasteiger partial charge in [0, 0.05) is 18.1 Å². The molecule has 1 aromatic carbocycles. The second-order valence-electron chi connectivity index (χ2n) is 5.34. The Morgan fingerprint density at radius 3 is 2.67 bits per heavy atom. The van der Waals surface area contributed by atoms with Gasteiger partial charge in [-0.05, 0) is 30.0 Å². The summed E-state index contributed by atoms with van der Waals surface area (Å²) < 4.78 is 0. The van der Waals surface area contributed by atoms with Crippen LogP contribution in [-0.4, -0.2) is 11.5 Å². The van der Waals surface area contributed by atoms with Crippen LogP contribution in [0.2, 0.25) is 0 Å². The van der Waals surface area contributed by atoms with Crippen molar-refractivity contribution in [3.05, 3.63) is 42.1 Å². The maximum atomic E-state index is 4.47. The van der Waals surface area contributed by atoms with E-state index in [1.165, 1.54) is 10.9 Å². The molecule has 1 aromatic heterocycles. The molecule has 0 spiro atoms. The predicted octanol–water partition coefficient (Wildman–Crippen LogP) is 3.62. The molecule has 2 rings (SSSR count). The van der Waals surface area contributed by atoms with Crippen molar-refractivity contribution in [2.24, 2.45) is 11.8 Å². The van der Waals surface area contributed by atoms with Crippen molar-refractivity contribution < 1.29 is 0 Å². The van der Waals surface area contributed by atoms with Crippen LogP contribution >= 0.6 is 0 Å². The molecule has 2 heteroatoms. The molecule has 0 saturated carbocycles. The van der Waals surface area contributed by atoms with E-state index in [9.17, 15) is 0 Å². The van der Waals surface area contributed by atoms with Crippen LogP contribution in [0.4, 0.5) is 0 Å². The molecule has 96 valence electrons. The summed E-state index contributed by atoms with van der Waals surface area (Å²) in [6.07, 6.45) is 1.86. The topological polar surface area (TPSA) is 24.9 Å². The van der Waals surface area contributed by atoms with Gasteiger partial charge in [0.05, 0.1) is 5.52 Å². The number of aromatic nitrogens is 1. The van der Waals surface area contributed by atoms with E-state index in [2.05, 4.69) is 55.3 Å². The molecule has 1 unspecified atom stereocenters. The summed E-state index contributed by atoms with van der Waals surface area (Å²) in [6, 6.07) is 10.5. The van der Waals surface area contributed by atoms with Crippen LogP contribution < -0.4 is 5.32 Å². The first-order valence-electron chi connectivity index (χ1n) is 6.72. The zero-order chi connectivity index (χ0) is 13.0. The van der Waals surface area contributed by atoms with E-state index in [1.54, 1.807) is 0 Å².